The van der Waals surface area contributed by atoms with E-state index in [2.05, 4.69) is 6.07 Å². The second kappa shape index (κ2) is 10.6. The van der Waals surface area contributed by atoms with Crippen molar-refractivity contribution in [2.45, 2.75) is 45.8 Å². The molecule has 0 bridgehead atoms. The van der Waals surface area contributed by atoms with Crippen molar-refractivity contribution in [2.75, 3.05) is 13.2 Å². The highest BCUT2D eigenvalue weighted by Crippen LogP contribution is 2.36. The summed E-state index contributed by atoms with van der Waals surface area (Å²) >= 11 is 6.89. The summed E-state index contributed by atoms with van der Waals surface area (Å²) in [6, 6.07) is 16.0. The molecule has 2 aliphatic rings. The zero-order valence-corrected chi connectivity index (χ0v) is 22.3. The predicted molar refractivity (Wildman–Crippen MR) is 148 cm³/mol. The molecule has 2 fully saturated rings. The normalized spacial score (nSPS) is 19.2. The molecule has 1 amide bonds. The molecule has 36 heavy (non-hydrogen) atoms. The van der Waals surface area contributed by atoms with Crippen molar-refractivity contribution in [3.05, 3.63) is 70.8 Å². The van der Waals surface area contributed by atoms with Gasteiger partial charge in [0.1, 0.15) is 15.8 Å². The lowest BCUT2D eigenvalue weighted by Crippen LogP contribution is -2.35. The molecule has 2 aromatic carbocycles. The number of nitrogens with zero attached hydrogens (tertiary/aromatic N) is 3. The van der Waals surface area contributed by atoms with Gasteiger partial charge in [-0.3, -0.25) is 9.69 Å². The van der Waals surface area contributed by atoms with Gasteiger partial charge in [-0.1, -0.05) is 42.2 Å². The number of carbonyl (C=O) groups is 1. The van der Waals surface area contributed by atoms with Crippen LogP contribution in [0.25, 0.3) is 23.0 Å². The summed E-state index contributed by atoms with van der Waals surface area (Å²) in [5.41, 5.74) is 4.58. The van der Waals surface area contributed by atoms with Gasteiger partial charge >= 0.3 is 0 Å². The van der Waals surface area contributed by atoms with Crippen LogP contribution in [-0.2, 0) is 9.53 Å². The Kier molecular flexibility index (Phi) is 7.27. The first kappa shape index (κ1) is 24.7. The average molecular weight is 520 g/mol. The maximum absolute atomic E-state index is 13.3. The number of carbonyl (C=O) groups excluding carboxylic acids is 1. The molecule has 0 aliphatic carbocycles. The quantitative estimate of drug-likeness (QED) is 0.281. The second-order valence-electron chi connectivity index (χ2n) is 9.29. The van der Waals surface area contributed by atoms with Gasteiger partial charge < -0.3 is 9.47 Å². The summed E-state index contributed by atoms with van der Waals surface area (Å²) in [5.74, 6) is 0.781. The van der Waals surface area contributed by atoms with E-state index in [1.165, 1.54) is 11.8 Å². The molecule has 1 aromatic heterocycles. The zero-order valence-electron chi connectivity index (χ0n) is 20.6. The molecular formula is C28H29N3O3S2. The van der Waals surface area contributed by atoms with E-state index in [0.29, 0.717) is 15.8 Å². The number of benzene rings is 2. The molecule has 186 valence electrons. The monoisotopic (exact) mass is 519 g/mol. The van der Waals surface area contributed by atoms with Crippen LogP contribution in [0.2, 0.25) is 0 Å². The molecular weight excluding hydrogens is 490 g/mol. The van der Waals surface area contributed by atoms with Crippen LogP contribution in [0, 0.1) is 6.92 Å². The van der Waals surface area contributed by atoms with Gasteiger partial charge in [0.25, 0.3) is 5.91 Å². The summed E-state index contributed by atoms with van der Waals surface area (Å²) in [5, 5.41) is 4.91. The molecule has 0 saturated carbocycles. The molecule has 5 rings (SSSR count). The van der Waals surface area contributed by atoms with Crippen LogP contribution >= 0.6 is 24.0 Å². The van der Waals surface area contributed by atoms with Crippen molar-refractivity contribution in [3.8, 4) is 22.7 Å². The number of rotatable bonds is 7. The van der Waals surface area contributed by atoms with Crippen molar-refractivity contribution in [1.82, 2.24) is 14.7 Å². The fourth-order valence-electron chi connectivity index (χ4n) is 4.40. The van der Waals surface area contributed by atoms with E-state index < -0.39 is 0 Å². The summed E-state index contributed by atoms with van der Waals surface area (Å²) in [6.07, 6.45) is 6.00. The van der Waals surface area contributed by atoms with Crippen molar-refractivity contribution in [1.29, 1.82) is 0 Å². The van der Waals surface area contributed by atoms with Crippen molar-refractivity contribution in [3.63, 3.8) is 0 Å². The Labute approximate surface area is 221 Å². The third-order valence-electron chi connectivity index (χ3n) is 6.14. The summed E-state index contributed by atoms with van der Waals surface area (Å²) in [7, 11) is 0. The van der Waals surface area contributed by atoms with E-state index in [9.17, 15) is 4.79 Å². The Bertz CT molecular complexity index is 1310. The summed E-state index contributed by atoms with van der Waals surface area (Å²) in [6.45, 7) is 7.32. The fraction of sp³-hybridized carbons (Fsp3) is 0.321. The van der Waals surface area contributed by atoms with Gasteiger partial charge in [-0.05, 0) is 75.6 Å². The van der Waals surface area contributed by atoms with E-state index in [4.69, 9.17) is 26.8 Å². The molecule has 2 saturated heterocycles. The Morgan fingerprint density at radius 2 is 2.06 bits per heavy atom. The number of thioether (sulfide) groups is 1. The van der Waals surface area contributed by atoms with Crippen molar-refractivity contribution < 1.29 is 14.3 Å². The number of ether oxygens (including phenoxy) is 2. The molecule has 1 unspecified atom stereocenters. The van der Waals surface area contributed by atoms with Crippen LogP contribution in [0.4, 0.5) is 0 Å². The highest BCUT2D eigenvalue weighted by Gasteiger charge is 2.35. The van der Waals surface area contributed by atoms with Gasteiger partial charge in [0.05, 0.1) is 29.3 Å². The number of aromatic nitrogens is 2. The largest absolute Gasteiger partial charge is 0.491 e. The number of para-hydroxylation sites is 1. The number of hydrogen-bond donors (Lipinski definition) is 0. The van der Waals surface area contributed by atoms with Gasteiger partial charge in [0.15, 0.2) is 0 Å². The van der Waals surface area contributed by atoms with E-state index in [0.717, 1.165) is 53.3 Å². The van der Waals surface area contributed by atoms with Gasteiger partial charge in [0, 0.05) is 23.9 Å². The average Bonchev–Trinajstić information content (AvgIpc) is 3.58. The maximum atomic E-state index is 13.3. The zero-order chi connectivity index (χ0) is 25.2. The van der Waals surface area contributed by atoms with Crippen LogP contribution in [0.1, 0.15) is 37.8 Å². The van der Waals surface area contributed by atoms with Crippen LogP contribution in [-0.4, -0.2) is 50.3 Å². The molecule has 8 heteroatoms. The van der Waals surface area contributed by atoms with E-state index in [1.54, 1.807) is 4.90 Å². The van der Waals surface area contributed by atoms with Gasteiger partial charge in [0.2, 0.25) is 0 Å². The van der Waals surface area contributed by atoms with Gasteiger partial charge in [-0.15, -0.1) is 0 Å². The number of amides is 1. The number of thiocarbonyl (C=S) groups is 1. The van der Waals surface area contributed by atoms with Gasteiger partial charge in [-0.2, -0.15) is 5.10 Å². The third kappa shape index (κ3) is 5.26. The Balaban J connectivity index is 1.51. The minimum Gasteiger partial charge on any atom is -0.491 e. The van der Waals surface area contributed by atoms with Gasteiger partial charge in [-0.25, -0.2) is 4.68 Å². The SMILES string of the molecule is Cc1cc(-c2nn(-c3ccccc3)cc2/C=C2\SC(=S)N(CC3CCCO3)C2=O)ccc1OC(C)C. The van der Waals surface area contributed by atoms with Crippen LogP contribution < -0.4 is 4.74 Å². The lowest BCUT2D eigenvalue weighted by atomic mass is 10.0. The van der Waals surface area contributed by atoms with Crippen molar-refractivity contribution >= 4 is 40.3 Å². The first-order valence-corrected chi connectivity index (χ1v) is 13.4. The number of hydrogen-bond acceptors (Lipinski definition) is 6. The maximum Gasteiger partial charge on any atom is 0.266 e. The molecule has 2 aliphatic heterocycles. The van der Waals surface area contributed by atoms with Crippen molar-refractivity contribution in [2.24, 2.45) is 0 Å². The summed E-state index contributed by atoms with van der Waals surface area (Å²) < 4.78 is 14.1. The predicted octanol–water partition coefficient (Wildman–Crippen LogP) is 6.02. The standard InChI is InChI=1S/C28H29N3O3S2/c1-18(2)34-24-12-11-20(14-19(24)3)26-21(16-31(29-26)22-8-5-4-6-9-22)15-25-27(32)30(28(35)36-25)17-23-10-7-13-33-23/h4-6,8-9,11-12,14-16,18,23H,7,10,13,17H2,1-3H3/b25-15-. The number of aryl methyl sites for hydroxylation is 1. The first-order valence-electron chi connectivity index (χ1n) is 12.2. The lowest BCUT2D eigenvalue weighted by molar-refractivity contribution is -0.123. The molecule has 1 atom stereocenters. The third-order valence-corrected chi connectivity index (χ3v) is 7.52. The first-order chi connectivity index (χ1) is 17.4. The smallest absolute Gasteiger partial charge is 0.266 e. The highest BCUT2D eigenvalue weighted by atomic mass is 32.2. The van der Waals surface area contributed by atoms with Crippen LogP contribution in [0.5, 0.6) is 5.75 Å². The topological polar surface area (TPSA) is 56.6 Å². The minimum absolute atomic E-state index is 0.0535. The van der Waals surface area contributed by atoms with E-state index in [-0.39, 0.29) is 18.1 Å². The minimum atomic E-state index is -0.0734. The molecule has 0 radical (unpaired) electrons. The van der Waals surface area contributed by atoms with E-state index in [1.807, 2.05) is 80.2 Å². The van der Waals surface area contributed by atoms with E-state index >= 15 is 0 Å². The molecule has 6 nitrogen and oxygen atoms in total. The Hall–Kier alpha value is -2.94. The molecule has 3 heterocycles. The Morgan fingerprint density at radius 1 is 1.25 bits per heavy atom. The molecule has 0 N–H and O–H groups in total. The Morgan fingerprint density at radius 3 is 2.75 bits per heavy atom. The highest BCUT2D eigenvalue weighted by molar-refractivity contribution is 8.26. The molecule has 3 aromatic rings. The fourth-order valence-corrected chi connectivity index (χ4v) is 5.67. The second-order valence-corrected chi connectivity index (χ2v) is 11.0. The summed E-state index contributed by atoms with van der Waals surface area (Å²) in [4.78, 5) is 15.6. The molecule has 0 spiro atoms. The lowest BCUT2D eigenvalue weighted by Gasteiger charge is -2.18. The van der Waals surface area contributed by atoms with Crippen LogP contribution in [0.15, 0.2) is 59.6 Å². The van der Waals surface area contributed by atoms with Crippen LogP contribution in [0.3, 0.4) is 0 Å².